The van der Waals surface area contributed by atoms with Crippen molar-refractivity contribution in [2.24, 2.45) is 0 Å². The number of ketones is 1. The lowest BCUT2D eigenvalue weighted by Crippen LogP contribution is -2.38. The van der Waals surface area contributed by atoms with Crippen LogP contribution in [0.1, 0.15) is 54.5 Å². The third-order valence-electron chi connectivity index (χ3n) is 7.18. The lowest BCUT2D eigenvalue weighted by molar-refractivity contribution is 0.0986. The molecule has 0 spiro atoms. The highest BCUT2D eigenvalue weighted by Gasteiger charge is 2.26. The van der Waals surface area contributed by atoms with Crippen LogP contribution in [0.2, 0.25) is 0 Å². The van der Waals surface area contributed by atoms with Gasteiger partial charge in [-0.1, -0.05) is 6.07 Å². The molecule has 1 fully saturated rings. The van der Waals surface area contributed by atoms with E-state index in [0.717, 1.165) is 37.7 Å². The summed E-state index contributed by atoms with van der Waals surface area (Å²) in [5, 5.41) is 0. The van der Waals surface area contributed by atoms with E-state index in [2.05, 4.69) is 26.9 Å². The number of piperidine rings is 1. The Morgan fingerprint density at radius 3 is 2.57 bits per heavy atom. The molecule has 2 aliphatic heterocycles. The summed E-state index contributed by atoms with van der Waals surface area (Å²) in [4.78, 5) is 29.9. The second kappa shape index (κ2) is 10.5. The number of likely N-dealkylation sites (tertiary alicyclic amines) is 1. The van der Waals surface area contributed by atoms with Gasteiger partial charge in [-0.15, -0.1) is 0 Å². The normalized spacial score (nSPS) is 16.5. The summed E-state index contributed by atoms with van der Waals surface area (Å²) in [7, 11) is 2.12. The second-order valence-corrected chi connectivity index (χ2v) is 10.1. The van der Waals surface area contributed by atoms with Gasteiger partial charge in [-0.3, -0.25) is 9.78 Å². The smallest absolute Gasteiger partial charge is 0.188 e. The molecule has 2 aliphatic rings. The molecule has 0 radical (unpaired) electrons. The van der Waals surface area contributed by atoms with Crippen LogP contribution in [-0.2, 0) is 6.42 Å². The van der Waals surface area contributed by atoms with E-state index < -0.39 is 11.6 Å². The van der Waals surface area contributed by atoms with Gasteiger partial charge in [0.2, 0.25) is 0 Å². The summed E-state index contributed by atoms with van der Waals surface area (Å²) in [6.07, 6.45) is 4.81. The van der Waals surface area contributed by atoms with Crippen molar-refractivity contribution in [3.05, 3.63) is 65.4 Å². The minimum absolute atomic E-state index is 0.0562. The fourth-order valence-corrected chi connectivity index (χ4v) is 5.05. The minimum Gasteiger partial charge on any atom is -0.486 e. The van der Waals surface area contributed by atoms with Gasteiger partial charge in [-0.25, -0.2) is 18.7 Å². The van der Waals surface area contributed by atoms with E-state index in [1.807, 2.05) is 24.8 Å². The Balaban J connectivity index is 1.36. The molecule has 0 amide bonds. The zero-order chi connectivity index (χ0) is 26.1. The third-order valence-corrected chi connectivity index (χ3v) is 7.18. The Labute approximate surface area is 215 Å². The van der Waals surface area contributed by atoms with Gasteiger partial charge in [0.15, 0.2) is 23.2 Å². The van der Waals surface area contributed by atoms with Crippen molar-refractivity contribution in [2.75, 3.05) is 38.2 Å². The number of fused-ring (bicyclic) bond motifs is 1. The van der Waals surface area contributed by atoms with Gasteiger partial charge < -0.3 is 14.5 Å². The largest absolute Gasteiger partial charge is 0.486 e. The fourth-order valence-electron chi connectivity index (χ4n) is 5.05. The molecule has 0 atom stereocenters. The molecule has 0 saturated carbocycles. The van der Waals surface area contributed by atoms with Gasteiger partial charge in [0.25, 0.3) is 0 Å². The molecule has 7 nitrogen and oxygen atoms in total. The molecule has 5 rings (SSSR count). The average molecular weight is 508 g/mol. The lowest BCUT2D eigenvalue weighted by Gasteiger charge is -2.34. The maximum atomic E-state index is 14.9. The van der Waals surface area contributed by atoms with Crippen LogP contribution in [-0.4, -0.2) is 65.0 Å². The van der Waals surface area contributed by atoms with Crippen molar-refractivity contribution in [2.45, 2.75) is 45.1 Å². The molecule has 0 unspecified atom stereocenters. The number of halogens is 2. The Kier molecular flexibility index (Phi) is 7.15. The quantitative estimate of drug-likeness (QED) is 0.450. The topological polar surface area (TPSA) is 71.5 Å². The molecule has 3 aromatic rings. The molecule has 1 aromatic carbocycles. The first-order valence-electron chi connectivity index (χ1n) is 12.7. The number of carbonyl (C=O) groups excluding carboxylic acids is 1. The number of carbonyl (C=O) groups is 1. The van der Waals surface area contributed by atoms with Crippen molar-refractivity contribution in [3.63, 3.8) is 0 Å². The summed E-state index contributed by atoms with van der Waals surface area (Å²) in [6.45, 7) is 7.08. The number of aromatic nitrogens is 3. The Morgan fingerprint density at radius 2 is 1.86 bits per heavy atom. The second-order valence-electron chi connectivity index (χ2n) is 10.1. The number of ether oxygens (including phenoxy) is 1. The number of nitrogens with zero attached hydrogens (tertiary/aromatic N) is 5. The summed E-state index contributed by atoms with van der Waals surface area (Å²) >= 11 is 0. The molecule has 194 valence electrons. The summed E-state index contributed by atoms with van der Waals surface area (Å²) in [6, 6.07) is 6.70. The van der Waals surface area contributed by atoms with E-state index in [1.54, 1.807) is 18.3 Å². The number of pyridine rings is 1. The van der Waals surface area contributed by atoms with Gasteiger partial charge in [0.05, 0.1) is 24.8 Å². The highest BCUT2D eigenvalue weighted by Crippen LogP contribution is 2.39. The summed E-state index contributed by atoms with van der Waals surface area (Å²) in [5.74, 6) is -0.777. The standard InChI is InChI=1S/C28H31F2N5O2/c1-17(2)35-10-11-37-28-21(29)12-20(13-24(28)35)27-22(30)16-32-26(33-27)14-25(36)23-5-4-19(15-31-23)18-6-8-34(3)9-7-18/h4-5,12-13,15-18H,6-11,14H2,1-3H3. The predicted octanol–water partition coefficient (Wildman–Crippen LogP) is 4.66. The third kappa shape index (κ3) is 5.32. The highest BCUT2D eigenvalue weighted by atomic mass is 19.1. The van der Waals surface area contributed by atoms with Gasteiger partial charge in [-0.2, -0.15) is 0 Å². The van der Waals surface area contributed by atoms with E-state index in [4.69, 9.17) is 4.74 Å². The summed E-state index contributed by atoms with van der Waals surface area (Å²) in [5.41, 5.74) is 2.22. The maximum absolute atomic E-state index is 14.9. The van der Waals surface area contributed by atoms with Crippen molar-refractivity contribution in [3.8, 4) is 17.0 Å². The van der Waals surface area contributed by atoms with Crippen LogP contribution in [0, 0.1) is 11.6 Å². The van der Waals surface area contributed by atoms with Crippen molar-refractivity contribution >= 4 is 11.5 Å². The van der Waals surface area contributed by atoms with E-state index >= 15 is 0 Å². The van der Waals surface area contributed by atoms with Crippen LogP contribution in [0.4, 0.5) is 14.5 Å². The molecule has 0 bridgehead atoms. The van der Waals surface area contributed by atoms with Crippen LogP contribution in [0.5, 0.6) is 5.75 Å². The lowest BCUT2D eigenvalue weighted by atomic mass is 9.90. The first-order chi connectivity index (χ1) is 17.8. The molecule has 37 heavy (non-hydrogen) atoms. The van der Waals surface area contributed by atoms with Crippen LogP contribution < -0.4 is 9.64 Å². The molecule has 0 aliphatic carbocycles. The first kappa shape index (κ1) is 25.2. The van der Waals surface area contributed by atoms with E-state index in [-0.39, 0.29) is 41.1 Å². The minimum atomic E-state index is -0.691. The monoisotopic (exact) mass is 507 g/mol. The molecule has 9 heteroatoms. The predicted molar refractivity (Wildman–Crippen MR) is 137 cm³/mol. The van der Waals surface area contributed by atoms with Gasteiger partial charge in [-0.05, 0) is 76.5 Å². The highest BCUT2D eigenvalue weighted by molar-refractivity contribution is 5.95. The number of hydrogen-bond acceptors (Lipinski definition) is 7. The van der Waals surface area contributed by atoms with Gasteiger partial charge in [0.1, 0.15) is 23.8 Å². The van der Waals surface area contributed by atoms with Crippen LogP contribution in [0.3, 0.4) is 0 Å². The Hall–Kier alpha value is -3.46. The van der Waals surface area contributed by atoms with Crippen molar-refractivity contribution in [1.29, 1.82) is 0 Å². The zero-order valence-electron chi connectivity index (χ0n) is 21.4. The van der Waals surface area contributed by atoms with E-state index in [0.29, 0.717) is 30.5 Å². The molecule has 4 heterocycles. The van der Waals surface area contributed by atoms with Crippen molar-refractivity contribution in [1.82, 2.24) is 19.9 Å². The van der Waals surface area contributed by atoms with Crippen LogP contribution in [0.25, 0.3) is 11.3 Å². The Bertz CT molecular complexity index is 1290. The molecule has 0 N–H and O–H groups in total. The van der Waals surface area contributed by atoms with E-state index in [1.165, 1.54) is 6.07 Å². The van der Waals surface area contributed by atoms with Crippen LogP contribution >= 0.6 is 0 Å². The van der Waals surface area contributed by atoms with Crippen molar-refractivity contribution < 1.29 is 18.3 Å². The average Bonchev–Trinajstić information content (AvgIpc) is 2.90. The van der Waals surface area contributed by atoms with Gasteiger partial charge in [0, 0.05) is 17.8 Å². The van der Waals surface area contributed by atoms with Crippen LogP contribution in [0.15, 0.2) is 36.7 Å². The number of rotatable bonds is 6. The first-order valence-corrected chi connectivity index (χ1v) is 12.7. The number of hydrogen-bond donors (Lipinski definition) is 0. The molecular weight excluding hydrogens is 476 g/mol. The number of anilines is 1. The van der Waals surface area contributed by atoms with E-state index in [9.17, 15) is 13.6 Å². The molecule has 2 aromatic heterocycles. The number of benzene rings is 1. The van der Waals surface area contributed by atoms with Gasteiger partial charge >= 0.3 is 0 Å². The zero-order valence-corrected chi connectivity index (χ0v) is 21.4. The Morgan fingerprint density at radius 1 is 1.08 bits per heavy atom. The SMILES string of the molecule is CC(C)N1CCOc2c(F)cc(-c3nc(CC(=O)c4ccc(C5CCN(C)CC5)cn4)ncc3F)cc21. The molecule has 1 saturated heterocycles. The fraction of sp³-hybridized carbons (Fsp3) is 0.429. The number of Topliss-reactive ketones (excluding diaryl/α,β-unsaturated/α-hetero) is 1. The summed E-state index contributed by atoms with van der Waals surface area (Å²) < 4.78 is 35.2. The maximum Gasteiger partial charge on any atom is 0.188 e. The molecular formula is C28H31F2N5O2.